The van der Waals surface area contributed by atoms with Gasteiger partial charge in [-0.15, -0.1) is 0 Å². The summed E-state index contributed by atoms with van der Waals surface area (Å²) in [5.74, 6) is 1.14. The Labute approximate surface area is 170 Å². The molecule has 5 aromatic rings. The topological polar surface area (TPSA) is 65.8 Å². The van der Waals surface area contributed by atoms with Crippen LogP contribution in [-0.2, 0) is 7.05 Å². The maximum Gasteiger partial charge on any atom is 0.301 e. The second kappa shape index (κ2) is 6.76. The number of hydrogen-bond donors (Lipinski definition) is 0. The highest BCUT2D eigenvalue weighted by atomic mass is 35.5. The normalized spacial score (nSPS) is 11.8. The average Bonchev–Trinajstić information content (AvgIpc) is 3.31. The van der Waals surface area contributed by atoms with Crippen LogP contribution < -0.4 is 5.56 Å². The summed E-state index contributed by atoms with van der Waals surface area (Å²) >= 11 is 6.05. The van der Waals surface area contributed by atoms with Crippen LogP contribution in [0.1, 0.15) is 11.6 Å². The third kappa shape index (κ3) is 3.03. The number of para-hydroxylation sites is 1. The van der Waals surface area contributed by atoms with Gasteiger partial charge in [0, 0.05) is 23.1 Å². The maximum absolute atomic E-state index is 12.5. The molecule has 0 aliphatic heterocycles. The fourth-order valence-corrected chi connectivity index (χ4v) is 3.48. The predicted octanol–water partition coefficient (Wildman–Crippen LogP) is 4.69. The van der Waals surface area contributed by atoms with E-state index in [0.29, 0.717) is 27.8 Å². The summed E-state index contributed by atoms with van der Waals surface area (Å²) in [4.78, 5) is 21.0. The summed E-state index contributed by atoms with van der Waals surface area (Å²) in [6.45, 7) is 0. The number of rotatable bonds is 3. The van der Waals surface area contributed by atoms with Crippen molar-refractivity contribution in [2.24, 2.45) is 7.05 Å². The number of nitrogens with zero attached hydrogens (tertiary/aromatic N) is 4. The number of benzene rings is 2. The highest BCUT2D eigenvalue weighted by Gasteiger charge is 2.15. The van der Waals surface area contributed by atoms with Gasteiger partial charge in [-0.3, -0.25) is 9.36 Å². The van der Waals surface area contributed by atoms with E-state index in [1.54, 1.807) is 35.2 Å². The molecule has 0 fully saturated rings. The van der Waals surface area contributed by atoms with E-state index < -0.39 is 0 Å². The monoisotopic (exact) mass is 402 g/mol. The van der Waals surface area contributed by atoms with Gasteiger partial charge in [0.2, 0.25) is 0 Å². The number of aromatic nitrogens is 4. The van der Waals surface area contributed by atoms with Gasteiger partial charge in [0.1, 0.15) is 17.2 Å². The third-order valence-corrected chi connectivity index (χ3v) is 4.94. The molecule has 0 saturated heterocycles. The standard InChI is InChI=1S/C22H15ClN4O2/c1-26-13-24-20-21(28)25-19(27(22(20)26)16-8-6-15(23)7-9-16)11-10-17-12-14-4-2-3-5-18(14)29-17/h2-13H,1H3/b11-10+. The Bertz CT molecular complexity index is 1410. The minimum atomic E-state index is -0.380. The molecule has 0 spiro atoms. The van der Waals surface area contributed by atoms with E-state index in [9.17, 15) is 4.79 Å². The van der Waals surface area contributed by atoms with Gasteiger partial charge in [-0.2, -0.15) is 4.98 Å². The lowest BCUT2D eigenvalue weighted by molar-refractivity contribution is 0.604. The summed E-state index contributed by atoms with van der Waals surface area (Å²) in [6.07, 6.45) is 5.17. The van der Waals surface area contributed by atoms with Crippen molar-refractivity contribution in [3.63, 3.8) is 0 Å². The average molecular weight is 403 g/mol. The fraction of sp³-hybridized carbons (Fsp3) is 0.0455. The number of imidazole rings is 1. The van der Waals surface area contributed by atoms with E-state index in [4.69, 9.17) is 16.0 Å². The molecule has 0 amide bonds. The van der Waals surface area contributed by atoms with Crippen LogP contribution >= 0.6 is 11.6 Å². The fourth-order valence-electron chi connectivity index (χ4n) is 3.35. The zero-order chi connectivity index (χ0) is 20.0. The Kier molecular flexibility index (Phi) is 4.07. The second-order valence-corrected chi connectivity index (χ2v) is 7.07. The van der Waals surface area contributed by atoms with E-state index in [1.807, 2.05) is 54.1 Å². The molecule has 3 heterocycles. The maximum atomic E-state index is 12.5. The van der Waals surface area contributed by atoms with Crippen LogP contribution in [-0.4, -0.2) is 19.1 Å². The van der Waals surface area contributed by atoms with Crippen molar-refractivity contribution < 1.29 is 4.42 Å². The Morgan fingerprint density at radius 2 is 1.86 bits per heavy atom. The molecule has 5 rings (SSSR count). The zero-order valence-electron chi connectivity index (χ0n) is 15.4. The molecule has 0 radical (unpaired) electrons. The summed E-state index contributed by atoms with van der Waals surface area (Å²) < 4.78 is 9.51. The lowest BCUT2D eigenvalue weighted by Gasteiger charge is -2.13. The largest absolute Gasteiger partial charge is 0.457 e. The van der Waals surface area contributed by atoms with E-state index in [2.05, 4.69) is 9.97 Å². The number of furan rings is 1. The molecular formula is C22H15ClN4O2. The minimum absolute atomic E-state index is 0.309. The van der Waals surface area contributed by atoms with Crippen molar-refractivity contribution in [3.8, 4) is 5.69 Å². The number of hydrogen-bond acceptors (Lipinski definition) is 4. The molecule has 0 unspecified atom stereocenters. The van der Waals surface area contributed by atoms with E-state index in [0.717, 1.165) is 16.7 Å². The number of halogens is 1. The zero-order valence-corrected chi connectivity index (χ0v) is 16.2. The first kappa shape index (κ1) is 17.5. The van der Waals surface area contributed by atoms with Gasteiger partial charge in [-0.25, -0.2) is 4.98 Å². The first-order chi connectivity index (χ1) is 14.1. The molecule has 0 bridgehead atoms. The number of fused-ring (bicyclic) bond motifs is 2. The molecule has 3 aromatic heterocycles. The van der Waals surface area contributed by atoms with Crippen LogP contribution in [0.4, 0.5) is 0 Å². The quantitative estimate of drug-likeness (QED) is 0.439. The Hall–Kier alpha value is -3.64. The van der Waals surface area contributed by atoms with Crippen molar-refractivity contribution >= 4 is 45.9 Å². The van der Waals surface area contributed by atoms with Crippen molar-refractivity contribution in [1.82, 2.24) is 19.1 Å². The van der Waals surface area contributed by atoms with Crippen molar-refractivity contribution in [3.05, 3.63) is 87.9 Å². The van der Waals surface area contributed by atoms with Crippen LogP contribution in [0.25, 0.3) is 40.0 Å². The van der Waals surface area contributed by atoms with E-state index >= 15 is 0 Å². The summed E-state index contributed by atoms with van der Waals surface area (Å²) in [6, 6.07) is 17.1. The summed E-state index contributed by atoms with van der Waals surface area (Å²) in [7, 11) is 1.84. The molecule has 29 heavy (non-hydrogen) atoms. The molecule has 7 heteroatoms. The summed E-state index contributed by atoms with van der Waals surface area (Å²) in [5.41, 5.74) is 2.20. The van der Waals surface area contributed by atoms with Crippen LogP contribution in [0.5, 0.6) is 0 Å². The highest BCUT2D eigenvalue weighted by Crippen LogP contribution is 2.23. The molecule has 0 saturated carbocycles. The third-order valence-electron chi connectivity index (χ3n) is 4.69. The van der Waals surface area contributed by atoms with Gasteiger partial charge in [-0.05, 0) is 48.6 Å². The Balaban J connectivity index is 1.72. The molecule has 6 nitrogen and oxygen atoms in total. The Morgan fingerprint density at radius 3 is 2.66 bits per heavy atom. The van der Waals surface area contributed by atoms with Crippen molar-refractivity contribution in [2.75, 3.05) is 0 Å². The number of aryl methyl sites for hydroxylation is 1. The van der Waals surface area contributed by atoms with Gasteiger partial charge < -0.3 is 8.98 Å². The van der Waals surface area contributed by atoms with Gasteiger partial charge in [0.25, 0.3) is 0 Å². The molecule has 0 aliphatic carbocycles. The van der Waals surface area contributed by atoms with Crippen LogP contribution in [0, 0.1) is 0 Å². The smallest absolute Gasteiger partial charge is 0.301 e. The molecule has 2 aromatic carbocycles. The molecular weight excluding hydrogens is 388 g/mol. The summed E-state index contributed by atoms with van der Waals surface area (Å²) in [5, 5.41) is 1.64. The lowest BCUT2D eigenvalue weighted by atomic mass is 10.2. The molecule has 142 valence electrons. The predicted molar refractivity (Wildman–Crippen MR) is 114 cm³/mol. The molecule has 0 N–H and O–H groups in total. The van der Waals surface area contributed by atoms with Crippen molar-refractivity contribution in [2.45, 2.75) is 0 Å². The first-order valence-electron chi connectivity index (χ1n) is 8.97. The van der Waals surface area contributed by atoms with E-state index in [-0.39, 0.29) is 5.56 Å². The van der Waals surface area contributed by atoms with E-state index in [1.165, 1.54) is 0 Å². The molecule has 0 aliphatic rings. The van der Waals surface area contributed by atoms with Crippen molar-refractivity contribution in [1.29, 1.82) is 0 Å². The molecule has 0 atom stereocenters. The lowest BCUT2D eigenvalue weighted by Crippen LogP contribution is -2.17. The first-order valence-corrected chi connectivity index (χ1v) is 9.34. The van der Waals surface area contributed by atoms with Gasteiger partial charge in [-0.1, -0.05) is 29.8 Å². The Morgan fingerprint density at radius 1 is 1.07 bits per heavy atom. The van der Waals surface area contributed by atoms with Gasteiger partial charge in [0.15, 0.2) is 11.2 Å². The van der Waals surface area contributed by atoms with Gasteiger partial charge in [0.05, 0.1) is 6.33 Å². The second-order valence-electron chi connectivity index (χ2n) is 6.63. The van der Waals surface area contributed by atoms with Crippen LogP contribution in [0.15, 0.2) is 70.1 Å². The minimum Gasteiger partial charge on any atom is -0.457 e. The van der Waals surface area contributed by atoms with Crippen LogP contribution in [0.2, 0.25) is 5.02 Å². The van der Waals surface area contributed by atoms with Crippen LogP contribution in [0.3, 0.4) is 0 Å². The highest BCUT2D eigenvalue weighted by molar-refractivity contribution is 6.30. The SMILES string of the molecule is Cn1cnc2c(=O)nc(/C=C/c3cc4ccccc4o3)n(-c3ccc(Cl)cc3)c21. The van der Waals surface area contributed by atoms with Gasteiger partial charge >= 0.3 is 5.56 Å².